The predicted molar refractivity (Wildman–Crippen MR) is 92.0 cm³/mol. The molecule has 0 saturated carbocycles. The molecule has 1 unspecified atom stereocenters. The minimum atomic E-state index is -0.708. The van der Waals surface area contributed by atoms with Crippen LogP contribution in [0.15, 0.2) is 24.3 Å². The average molecular weight is 337 g/mol. The van der Waals surface area contributed by atoms with E-state index in [-0.39, 0.29) is 11.8 Å². The van der Waals surface area contributed by atoms with E-state index in [9.17, 15) is 15.2 Å². The summed E-state index contributed by atoms with van der Waals surface area (Å²) in [7, 11) is 0. The number of nitro groups is 1. The maximum atomic E-state index is 10.8. The molecule has 1 heterocycles. The number of benzene rings is 1. The van der Waals surface area contributed by atoms with E-state index >= 15 is 0 Å². The van der Waals surface area contributed by atoms with Crippen molar-refractivity contribution in [3.05, 3.63) is 39.9 Å². The first-order chi connectivity index (χ1) is 11.5. The summed E-state index contributed by atoms with van der Waals surface area (Å²) in [5.41, 5.74) is 0.610. The minimum Gasteiger partial charge on any atom is -0.387 e. The molecule has 134 valence electrons. The number of nitrogens with zero attached hydrogens (tertiary/aromatic N) is 3. The van der Waals surface area contributed by atoms with E-state index in [4.69, 9.17) is 4.74 Å². The van der Waals surface area contributed by atoms with Crippen LogP contribution in [-0.4, -0.2) is 71.8 Å². The lowest BCUT2D eigenvalue weighted by atomic mass is 10.1. The fraction of sp³-hybridized carbons (Fsp3) is 0.647. The normalized spacial score (nSPS) is 18.0. The molecule has 0 aromatic heterocycles. The number of hydrogen-bond donors (Lipinski definition) is 1. The Morgan fingerprint density at radius 2 is 1.92 bits per heavy atom. The van der Waals surface area contributed by atoms with Crippen LogP contribution in [0.4, 0.5) is 5.69 Å². The molecule has 1 aliphatic heterocycles. The fourth-order valence-electron chi connectivity index (χ4n) is 2.81. The molecule has 0 aliphatic carbocycles. The van der Waals surface area contributed by atoms with Crippen molar-refractivity contribution in [3.63, 3.8) is 0 Å². The molecule has 1 saturated heterocycles. The van der Waals surface area contributed by atoms with E-state index in [2.05, 4.69) is 9.80 Å². The maximum Gasteiger partial charge on any atom is 0.269 e. The molecule has 1 aromatic rings. The highest BCUT2D eigenvalue weighted by molar-refractivity contribution is 5.35. The number of β-amino-alcohol motifs (C(OH)–C–C–N with tert-alkyl or cyclic N) is 1. The fourth-order valence-corrected chi connectivity index (χ4v) is 2.81. The summed E-state index contributed by atoms with van der Waals surface area (Å²) in [6, 6.07) is 6.24. The third kappa shape index (κ3) is 5.83. The zero-order chi connectivity index (χ0) is 17.5. The van der Waals surface area contributed by atoms with Crippen LogP contribution in [0.2, 0.25) is 0 Å². The lowest BCUT2D eigenvalue weighted by Crippen LogP contribution is -2.48. The Labute approximate surface area is 143 Å². The van der Waals surface area contributed by atoms with Gasteiger partial charge in [0.25, 0.3) is 5.69 Å². The highest BCUT2D eigenvalue weighted by atomic mass is 16.6. The van der Waals surface area contributed by atoms with Crippen LogP contribution in [0.3, 0.4) is 0 Å². The number of rotatable bonds is 8. The van der Waals surface area contributed by atoms with Crippen LogP contribution in [0, 0.1) is 10.1 Å². The first kappa shape index (κ1) is 18.8. The van der Waals surface area contributed by atoms with E-state index in [0.29, 0.717) is 12.1 Å². The van der Waals surface area contributed by atoms with Crippen molar-refractivity contribution >= 4 is 5.69 Å². The number of non-ortho nitro benzene ring substituents is 1. The van der Waals surface area contributed by atoms with Crippen LogP contribution >= 0.6 is 0 Å². The molecule has 7 heteroatoms. The molecule has 1 N–H and O–H groups in total. The van der Waals surface area contributed by atoms with Crippen molar-refractivity contribution in [2.45, 2.75) is 26.1 Å². The highest BCUT2D eigenvalue weighted by Crippen LogP contribution is 2.20. The number of ether oxygens (including phenoxy) is 1. The maximum absolute atomic E-state index is 10.8. The number of aliphatic hydroxyl groups excluding tert-OH is 1. The van der Waals surface area contributed by atoms with Crippen LogP contribution in [0.5, 0.6) is 0 Å². The van der Waals surface area contributed by atoms with E-state index < -0.39 is 11.0 Å². The Morgan fingerprint density at radius 3 is 2.54 bits per heavy atom. The molecular formula is C17H27N3O4. The lowest BCUT2D eigenvalue weighted by Gasteiger charge is -2.35. The van der Waals surface area contributed by atoms with Gasteiger partial charge in [-0.1, -0.05) is 12.1 Å². The van der Waals surface area contributed by atoms with Gasteiger partial charge in [-0.15, -0.1) is 0 Å². The molecular weight excluding hydrogens is 310 g/mol. The summed E-state index contributed by atoms with van der Waals surface area (Å²) < 4.78 is 5.57. The largest absolute Gasteiger partial charge is 0.387 e. The van der Waals surface area contributed by atoms with Crippen molar-refractivity contribution in [1.82, 2.24) is 9.80 Å². The molecule has 1 aliphatic rings. The molecule has 1 fully saturated rings. The summed E-state index contributed by atoms with van der Waals surface area (Å²) >= 11 is 0. The van der Waals surface area contributed by atoms with E-state index in [1.165, 1.54) is 12.1 Å². The Morgan fingerprint density at radius 1 is 1.25 bits per heavy atom. The smallest absolute Gasteiger partial charge is 0.269 e. The van der Waals surface area contributed by atoms with Crippen molar-refractivity contribution < 1.29 is 14.8 Å². The second-order valence-corrected chi connectivity index (χ2v) is 6.43. The summed E-state index contributed by atoms with van der Waals surface area (Å²) in [6.45, 7) is 9.90. The third-order valence-corrected chi connectivity index (χ3v) is 4.22. The molecule has 1 aromatic carbocycles. The van der Waals surface area contributed by atoms with Gasteiger partial charge >= 0.3 is 0 Å². The van der Waals surface area contributed by atoms with Gasteiger partial charge in [-0.05, 0) is 19.4 Å². The standard InChI is InChI=1S/C17H27N3O4/c1-14(2)24-11-10-18-6-8-19(9-7-18)13-17(21)15-4-3-5-16(12-15)20(22)23/h3-5,12,14,17,21H,6-11,13H2,1-2H3. The first-order valence-corrected chi connectivity index (χ1v) is 8.44. The number of hydrogen-bond acceptors (Lipinski definition) is 6. The monoisotopic (exact) mass is 337 g/mol. The number of nitro benzene ring substituents is 1. The van der Waals surface area contributed by atoms with Crippen LogP contribution < -0.4 is 0 Å². The highest BCUT2D eigenvalue weighted by Gasteiger charge is 2.20. The SMILES string of the molecule is CC(C)OCCN1CCN(CC(O)c2cccc([N+](=O)[O-])c2)CC1. The summed E-state index contributed by atoms with van der Waals surface area (Å²) in [6.07, 6.45) is -0.447. The predicted octanol–water partition coefficient (Wildman–Crippen LogP) is 1.67. The van der Waals surface area contributed by atoms with Crippen molar-refractivity contribution in [2.75, 3.05) is 45.9 Å². The van der Waals surface area contributed by atoms with Crippen LogP contribution in [-0.2, 0) is 4.74 Å². The van der Waals surface area contributed by atoms with E-state index in [0.717, 1.165) is 39.3 Å². The van der Waals surface area contributed by atoms with Gasteiger partial charge in [0, 0.05) is 51.4 Å². The Bertz CT molecular complexity index is 530. The summed E-state index contributed by atoms with van der Waals surface area (Å²) in [5, 5.41) is 21.2. The molecule has 0 bridgehead atoms. The first-order valence-electron chi connectivity index (χ1n) is 8.44. The Kier molecular flexibility index (Phi) is 7.11. The molecule has 0 radical (unpaired) electrons. The number of piperazine rings is 1. The van der Waals surface area contributed by atoms with Gasteiger partial charge in [-0.25, -0.2) is 0 Å². The van der Waals surface area contributed by atoms with Crippen molar-refractivity contribution in [1.29, 1.82) is 0 Å². The average Bonchev–Trinajstić information content (AvgIpc) is 2.56. The molecule has 1 atom stereocenters. The van der Waals surface area contributed by atoms with Gasteiger partial charge in [0.15, 0.2) is 0 Å². The zero-order valence-electron chi connectivity index (χ0n) is 14.4. The van der Waals surface area contributed by atoms with Crippen LogP contribution in [0.1, 0.15) is 25.5 Å². The van der Waals surface area contributed by atoms with Crippen molar-refractivity contribution in [3.8, 4) is 0 Å². The summed E-state index contributed by atoms with van der Waals surface area (Å²) in [4.78, 5) is 14.9. The van der Waals surface area contributed by atoms with Gasteiger partial charge in [-0.3, -0.25) is 19.9 Å². The molecule has 0 amide bonds. The topological polar surface area (TPSA) is 79.1 Å². The molecule has 7 nitrogen and oxygen atoms in total. The second kappa shape index (κ2) is 9.08. The third-order valence-electron chi connectivity index (χ3n) is 4.22. The lowest BCUT2D eigenvalue weighted by molar-refractivity contribution is -0.385. The summed E-state index contributed by atoms with van der Waals surface area (Å²) in [5.74, 6) is 0. The van der Waals surface area contributed by atoms with Gasteiger partial charge in [0.1, 0.15) is 0 Å². The van der Waals surface area contributed by atoms with Gasteiger partial charge in [0.05, 0.1) is 23.7 Å². The van der Waals surface area contributed by atoms with Gasteiger partial charge in [0.2, 0.25) is 0 Å². The molecule has 0 spiro atoms. The van der Waals surface area contributed by atoms with Gasteiger partial charge in [-0.2, -0.15) is 0 Å². The van der Waals surface area contributed by atoms with Crippen molar-refractivity contribution in [2.24, 2.45) is 0 Å². The van der Waals surface area contributed by atoms with E-state index in [1.54, 1.807) is 12.1 Å². The number of aliphatic hydroxyl groups is 1. The minimum absolute atomic E-state index is 0.0153. The quantitative estimate of drug-likeness (QED) is 0.574. The Balaban J connectivity index is 1.77. The van der Waals surface area contributed by atoms with E-state index in [1.807, 2.05) is 13.8 Å². The zero-order valence-corrected chi connectivity index (χ0v) is 14.4. The molecule has 2 rings (SSSR count). The van der Waals surface area contributed by atoms with Crippen LogP contribution in [0.25, 0.3) is 0 Å². The van der Waals surface area contributed by atoms with Gasteiger partial charge < -0.3 is 9.84 Å². The second-order valence-electron chi connectivity index (χ2n) is 6.43. The molecule has 24 heavy (non-hydrogen) atoms. The Hall–Kier alpha value is -1.54.